The third-order valence-corrected chi connectivity index (χ3v) is 1.34. The summed E-state index contributed by atoms with van der Waals surface area (Å²) in [4.78, 5) is 0. The van der Waals surface area contributed by atoms with E-state index in [-0.39, 0.29) is 0 Å². The van der Waals surface area contributed by atoms with E-state index in [1.807, 2.05) is 29.0 Å². The molecule has 0 aliphatic rings. The standard InChI is InChI=1S/C4H4S.C3H5.Li/c1-2-4-5-3-1;1-3-2;/h1-4H;3H,1-2H2;. The van der Waals surface area contributed by atoms with Crippen molar-refractivity contribution in [3.05, 3.63) is 35.5 Å². The molecule has 9 heavy (non-hydrogen) atoms. The van der Waals surface area contributed by atoms with Crippen molar-refractivity contribution in [2.45, 2.75) is 5.09 Å². The van der Waals surface area contributed by atoms with Crippen molar-refractivity contribution in [1.82, 2.24) is 0 Å². The molecule has 0 fully saturated rings. The molecule has 0 amide bonds. The summed E-state index contributed by atoms with van der Waals surface area (Å²) in [6.07, 6.45) is 1.88. The van der Waals surface area contributed by atoms with Gasteiger partial charge < -0.3 is 0 Å². The van der Waals surface area contributed by atoms with Gasteiger partial charge in [-0.1, -0.05) is 12.1 Å². The van der Waals surface area contributed by atoms with Gasteiger partial charge in [0.2, 0.25) is 0 Å². The number of thiophene rings is 1. The minimum atomic E-state index is 1.08. The molecule has 1 aromatic heterocycles. The van der Waals surface area contributed by atoms with Gasteiger partial charge in [0.15, 0.2) is 0 Å². The second-order valence-corrected chi connectivity index (χ2v) is 2.31. The Kier molecular flexibility index (Phi) is 8.07. The molecular formula is C7H9LiS. The number of hydrogen-bond acceptors (Lipinski definition) is 1. The van der Waals surface area contributed by atoms with Gasteiger partial charge in [-0.05, 0) is 10.8 Å². The molecule has 0 saturated carbocycles. The van der Waals surface area contributed by atoms with Crippen molar-refractivity contribution >= 4 is 29.1 Å². The van der Waals surface area contributed by atoms with E-state index in [4.69, 9.17) is 0 Å². The van der Waals surface area contributed by atoms with Gasteiger partial charge in [0.05, 0.1) is 0 Å². The molecule has 0 saturated heterocycles. The molecule has 0 aliphatic heterocycles. The third-order valence-electron chi connectivity index (χ3n) is 0.714. The first kappa shape index (κ1) is 9.04. The van der Waals surface area contributed by atoms with Crippen molar-refractivity contribution in [3.63, 3.8) is 0 Å². The zero-order valence-electron chi connectivity index (χ0n) is 5.71. The van der Waals surface area contributed by atoms with Gasteiger partial charge in [0.25, 0.3) is 0 Å². The van der Waals surface area contributed by atoms with E-state index in [0.717, 1.165) is 5.09 Å². The van der Waals surface area contributed by atoms with E-state index in [2.05, 4.69) is 24.3 Å². The molecule has 2 heteroatoms. The van der Waals surface area contributed by atoms with Crippen LogP contribution in [-0.2, 0) is 0 Å². The zero-order chi connectivity index (χ0) is 6.95. The number of allylic oxidation sites excluding steroid dienone is 1. The molecule has 0 unspecified atom stereocenters. The summed E-state index contributed by atoms with van der Waals surface area (Å²) in [7, 11) is 0. The van der Waals surface area contributed by atoms with E-state index in [1.54, 1.807) is 11.3 Å². The largest absolute Gasteiger partial charge is 0.152 e. The molecule has 0 spiro atoms. The van der Waals surface area contributed by atoms with Crippen molar-refractivity contribution < 1.29 is 0 Å². The van der Waals surface area contributed by atoms with Crippen LogP contribution in [0.15, 0.2) is 35.5 Å². The monoisotopic (exact) mass is 132 g/mol. The topological polar surface area (TPSA) is 0 Å². The Morgan fingerprint density at radius 1 is 1.44 bits per heavy atom. The Morgan fingerprint density at radius 2 is 1.89 bits per heavy atom. The van der Waals surface area contributed by atoms with Crippen LogP contribution >= 0.6 is 11.3 Å². The second kappa shape index (κ2) is 8.04. The van der Waals surface area contributed by atoms with Crippen LogP contribution in [0.3, 0.4) is 0 Å². The predicted molar refractivity (Wildman–Crippen MR) is 45.1 cm³/mol. The van der Waals surface area contributed by atoms with Gasteiger partial charge in [-0.3, -0.25) is 0 Å². The zero-order valence-corrected chi connectivity index (χ0v) is 6.53. The fourth-order valence-corrected chi connectivity index (χ4v) is 0.680. The molecule has 1 aromatic rings. The Bertz CT molecular complexity index is 106. The number of hydrogen-bond donors (Lipinski definition) is 0. The van der Waals surface area contributed by atoms with Gasteiger partial charge in [-0.25, -0.2) is 0 Å². The molecule has 0 atom stereocenters. The smallest absolute Gasteiger partial charge is 0.00934 e. The SMILES string of the molecule is [Li][CH2]C=C.c1ccsc1. The van der Waals surface area contributed by atoms with Crippen LogP contribution in [0.25, 0.3) is 0 Å². The summed E-state index contributed by atoms with van der Waals surface area (Å²) in [6, 6.07) is 4.04. The van der Waals surface area contributed by atoms with Crippen LogP contribution < -0.4 is 0 Å². The minimum absolute atomic E-state index is 1.08. The molecule has 0 aliphatic carbocycles. The van der Waals surface area contributed by atoms with Gasteiger partial charge in [-0.2, -0.15) is 11.3 Å². The first-order chi connectivity index (χ1) is 4.41. The summed E-state index contributed by atoms with van der Waals surface area (Å²) >= 11 is 3.78. The van der Waals surface area contributed by atoms with Crippen LogP contribution in [0.1, 0.15) is 0 Å². The normalized spacial score (nSPS) is 7.33. The summed E-state index contributed by atoms with van der Waals surface area (Å²) in [5.41, 5.74) is 0. The van der Waals surface area contributed by atoms with Crippen LogP contribution in [0.4, 0.5) is 0 Å². The fraction of sp³-hybridized carbons (Fsp3) is 0.143. The maximum atomic E-state index is 3.48. The first-order valence-electron chi connectivity index (χ1n) is 3.00. The van der Waals surface area contributed by atoms with E-state index >= 15 is 0 Å². The maximum absolute atomic E-state index is 3.48. The molecule has 0 bridgehead atoms. The first-order valence-corrected chi connectivity index (χ1v) is 3.94. The fourth-order valence-electron chi connectivity index (χ4n) is 0.227. The van der Waals surface area contributed by atoms with Gasteiger partial charge in [0.1, 0.15) is 0 Å². The summed E-state index contributed by atoms with van der Waals surface area (Å²) < 4.78 is 0. The van der Waals surface area contributed by atoms with Crippen molar-refractivity contribution in [3.8, 4) is 0 Å². The maximum Gasteiger partial charge on any atom is -0.00934 e. The summed E-state index contributed by atoms with van der Waals surface area (Å²) in [5, 5.41) is 5.17. The van der Waals surface area contributed by atoms with E-state index in [9.17, 15) is 0 Å². The molecule has 1 heterocycles. The summed E-state index contributed by atoms with van der Waals surface area (Å²) in [6.45, 7) is 3.48. The second-order valence-electron chi connectivity index (χ2n) is 1.49. The number of rotatable bonds is 1. The Labute approximate surface area is 69.8 Å². The molecule has 0 radical (unpaired) electrons. The Morgan fingerprint density at radius 3 is 2.00 bits per heavy atom. The van der Waals surface area contributed by atoms with E-state index < -0.39 is 0 Å². The van der Waals surface area contributed by atoms with E-state index in [0.29, 0.717) is 0 Å². The van der Waals surface area contributed by atoms with Crippen molar-refractivity contribution in [2.75, 3.05) is 0 Å². The Balaban J connectivity index is 0.000000148. The quantitative estimate of drug-likeness (QED) is 0.407. The molecule has 0 nitrogen and oxygen atoms in total. The molecule has 0 aromatic carbocycles. The Hall–Kier alpha value is 0.0374. The molecular weight excluding hydrogens is 123 g/mol. The molecule has 0 N–H and O–H groups in total. The van der Waals surface area contributed by atoms with Crippen LogP contribution in [-0.4, -0.2) is 17.7 Å². The average Bonchev–Trinajstić information content (AvgIpc) is 2.43. The van der Waals surface area contributed by atoms with E-state index in [1.165, 1.54) is 0 Å². The van der Waals surface area contributed by atoms with Crippen LogP contribution in [0, 0.1) is 0 Å². The van der Waals surface area contributed by atoms with Crippen LogP contribution in [0.2, 0.25) is 5.09 Å². The summed E-state index contributed by atoms with van der Waals surface area (Å²) in [5.74, 6) is 0. The molecule has 44 valence electrons. The van der Waals surface area contributed by atoms with Gasteiger partial charge in [0, 0.05) is 0 Å². The van der Waals surface area contributed by atoms with Crippen molar-refractivity contribution in [2.24, 2.45) is 0 Å². The molecule has 1 rings (SSSR count). The van der Waals surface area contributed by atoms with Crippen LogP contribution in [0.5, 0.6) is 0 Å². The van der Waals surface area contributed by atoms with Gasteiger partial charge in [-0.15, -0.1) is 0 Å². The van der Waals surface area contributed by atoms with Gasteiger partial charge >= 0.3 is 35.5 Å². The van der Waals surface area contributed by atoms with Crippen molar-refractivity contribution in [1.29, 1.82) is 0 Å². The average molecular weight is 132 g/mol. The third kappa shape index (κ3) is 8.04. The predicted octanol–water partition coefficient (Wildman–Crippen LogP) is 2.51. The minimum Gasteiger partial charge on any atom is -0.152 e.